The Bertz CT molecular complexity index is 654. The minimum atomic E-state index is -0.826. The predicted octanol–water partition coefficient (Wildman–Crippen LogP) is 3.82. The summed E-state index contributed by atoms with van der Waals surface area (Å²) in [5.41, 5.74) is 1.10. The van der Waals surface area contributed by atoms with Crippen LogP contribution in [-0.4, -0.2) is 4.92 Å². The number of nitrogens with one attached hydrogen (secondary N) is 1. The smallest absolute Gasteiger partial charge is 0.306 e. The van der Waals surface area contributed by atoms with Crippen LogP contribution in [0.2, 0.25) is 0 Å². The largest absolute Gasteiger partial charge is 0.469 e. The standard InChI is InChI=1S/C14H13FN2O3/c15-11-5-4-9(8-13(11)17(18)19)16-12-2-1-3-14-10(12)6-7-20-14/h4-8,12,16H,1-3H2. The summed E-state index contributed by atoms with van der Waals surface area (Å²) in [5, 5.41) is 14.0. The minimum absolute atomic E-state index is 0.0440. The first-order valence-electron chi connectivity index (χ1n) is 6.42. The van der Waals surface area contributed by atoms with Crippen molar-refractivity contribution >= 4 is 11.4 Å². The van der Waals surface area contributed by atoms with Gasteiger partial charge in [0, 0.05) is 23.7 Å². The molecule has 0 saturated carbocycles. The van der Waals surface area contributed by atoms with Crippen molar-refractivity contribution in [3.05, 3.63) is 57.8 Å². The molecule has 104 valence electrons. The second-order valence-electron chi connectivity index (χ2n) is 4.81. The molecule has 0 bridgehead atoms. The van der Waals surface area contributed by atoms with Crippen molar-refractivity contribution < 1.29 is 13.7 Å². The Morgan fingerprint density at radius 1 is 1.40 bits per heavy atom. The van der Waals surface area contributed by atoms with Crippen molar-refractivity contribution in [2.24, 2.45) is 0 Å². The highest BCUT2D eigenvalue weighted by Crippen LogP contribution is 2.34. The number of nitro groups is 1. The van der Waals surface area contributed by atoms with Crippen molar-refractivity contribution in [2.75, 3.05) is 5.32 Å². The maximum absolute atomic E-state index is 13.3. The van der Waals surface area contributed by atoms with Gasteiger partial charge in [-0.15, -0.1) is 0 Å². The lowest BCUT2D eigenvalue weighted by molar-refractivity contribution is -0.387. The van der Waals surface area contributed by atoms with Gasteiger partial charge in [0.15, 0.2) is 0 Å². The first-order chi connectivity index (χ1) is 9.65. The van der Waals surface area contributed by atoms with Crippen LogP contribution in [-0.2, 0) is 6.42 Å². The van der Waals surface area contributed by atoms with Crippen LogP contribution < -0.4 is 5.32 Å². The normalized spacial score (nSPS) is 17.6. The summed E-state index contributed by atoms with van der Waals surface area (Å²) in [7, 11) is 0. The van der Waals surface area contributed by atoms with E-state index in [1.807, 2.05) is 6.07 Å². The van der Waals surface area contributed by atoms with Gasteiger partial charge in [0.1, 0.15) is 5.76 Å². The van der Waals surface area contributed by atoms with E-state index in [1.165, 1.54) is 12.1 Å². The topological polar surface area (TPSA) is 68.3 Å². The molecular formula is C14H13FN2O3. The van der Waals surface area contributed by atoms with Gasteiger partial charge >= 0.3 is 5.69 Å². The number of nitrogens with zero attached hydrogens (tertiary/aromatic N) is 1. The molecule has 1 aromatic heterocycles. The second kappa shape index (κ2) is 4.96. The van der Waals surface area contributed by atoms with Crippen LogP contribution in [0.5, 0.6) is 0 Å². The second-order valence-corrected chi connectivity index (χ2v) is 4.81. The molecule has 1 aliphatic carbocycles. The van der Waals surface area contributed by atoms with E-state index in [-0.39, 0.29) is 6.04 Å². The molecule has 1 atom stereocenters. The zero-order valence-electron chi connectivity index (χ0n) is 10.6. The maximum Gasteiger partial charge on any atom is 0.306 e. The number of fused-ring (bicyclic) bond motifs is 1. The molecule has 0 spiro atoms. The molecule has 6 heteroatoms. The molecule has 1 N–H and O–H groups in total. The van der Waals surface area contributed by atoms with Gasteiger partial charge in [-0.25, -0.2) is 0 Å². The highest BCUT2D eigenvalue weighted by atomic mass is 19.1. The van der Waals surface area contributed by atoms with Gasteiger partial charge in [-0.3, -0.25) is 10.1 Å². The highest BCUT2D eigenvalue weighted by Gasteiger charge is 2.23. The third kappa shape index (κ3) is 2.24. The molecule has 5 nitrogen and oxygen atoms in total. The molecule has 1 unspecified atom stereocenters. The summed E-state index contributed by atoms with van der Waals surface area (Å²) >= 11 is 0. The summed E-state index contributed by atoms with van der Waals surface area (Å²) in [5.74, 6) is 0.124. The summed E-state index contributed by atoms with van der Waals surface area (Å²) in [4.78, 5) is 10.0. The fourth-order valence-corrected chi connectivity index (χ4v) is 2.58. The van der Waals surface area contributed by atoms with E-state index in [0.717, 1.165) is 36.7 Å². The first kappa shape index (κ1) is 12.7. The van der Waals surface area contributed by atoms with Crippen molar-refractivity contribution in [3.8, 4) is 0 Å². The first-order valence-corrected chi connectivity index (χ1v) is 6.42. The Morgan fingerprint density at radius 2 is 2.25 bits per heavy atom. The van der Waals surface area contributed by atoms with Gasteiger partial charge < -0.3 is 9.73 Å². The molecule has 0 saturated heterocycles. The highest BCUT2D eigenvalue weighted by molar-refractivity contribution is 5.53. The quantitative estimate of drug-likeness (QED) is 0.683. The number of nitro benzene ring substituents is 1. The van der Waals surface area contributed by atoms with Gasteiger partial charge in [0.2, 0.25) is 5.82 Å². The third-order valence-corrected chi connectivity index (χ3v) is 3.54. The number of aryl methyl sites for hydroxylation is 1. The Balaban J connectivity index is 1.86. The van der Waals surface area contributed by atoms with Gasteiger partial charge in [-0.2, -0.15) is 4.39 Å². The zero-order chi connectivity index (χ0) is 14.1. The number of anilines is 1. The molecule has 3 rings (SSSR count). The SMILES string of the molecule is O=[N+]([O-])c1cc(NC2CCCc3occc32)ccc1F. The van der Waals surface area contributed by atoms with E-state index in [2.05, 4.69) is 5.32 Å². The van der Waals surface area contributed by atoms with Crippen molar-refractivity contribution in [2.45, 2.75) is 25.3 Å². The third-order valence-electron chi connectivity index (χ3n) is 3.54. The summed E-state index contributed by atoms with van der Waals surface area (Å²) in [6, 6.07) is 5.80. The van der Waals surface area contributed by atoms with E-state index < -0.39 is 16.4 Å². The number of rotatable bonds is 3. The van der Waals surface area contributed by atoms with Crippen LogP contribution in [0.4, 0.5) is 15.8 Å². The van der Waals surface area contributed by atoms with E-state index in [1.54, 1.807) is 6.26 Å². The van der Waals surface area contributed by atoms with Gasteiger partial charge in [-0.1, -0.05) is 0 Å². The molecular weight excluding hydrogens is 263 g/mol. The average Bonchev–Trinajstić information content (AvgIpc) is 2.90. The van der Waals surface area contributed by atoms with E-state index in [4.69, 9.17) is 4.42 Å². The van der Waals surface area contributed by atoms with Crippen molar-refractivity contribution in [1.82, 2.24) is 0 Å². The van der Waals surface area contributed by atoms with E-state index in [0.29, 0.717) is 5.69 Å². The number of hydrogen-bond acceptors (Lipinski definition) is 4. The van der Waals surface area contributed by atoms with E-state index in [9.17, 15) is 14.5 Å². The number of benzene rings is 1. The number of hydrogen-bond donors (Lipinski definition) is 1. The summed E-state index contributed by atoms with van der Waals surface area (Å²) < 4.78 is 18.7. The van der Waals surface area contributed by atoms with Crippen LogP contribution >= 0.6 is 0 Å². The molecule has 0 fully saturated rings. The number of furan rings is 1. The summed E-state index contributed by atoms with van der Waals surface area (Å²) in [6.07, 6.45) is 4.46. The van der Waals surface area contributed by atoms with Crippen LogP contribution in [0.25, 0.3) is 0 Å². The van der Waals surface area contributed by atoms with Crippen LogP contribution in [0.1, 0.15) is 30.2 Å². The van der Waals surface area contributed by atoms with Crippen molar-refractivity contribution in [3.63, 3.8) is 0 Å². The number of halogens is 1. The van der Waals surface area contributed by atoms with Gasteiger partial charge in [0.25, 0.3) is 0 Å². The van der Waals surface area contributed by atoms with E-state index >= 15 is 0 Å². The monoisotopic (exact) mass is 276 g/mol. The maximum atomic E-state index is 13.3. The van der Waals surface area contributed by atoms with Gasteiger partial charge in [-0.05, 0) is 31.0 Å². The molecule has 1 heterocycles. The molecule has 1 aromatic carbocycles. The Labute approximate surface area is 114 Å². The molecule has 20 heavy (non-hydrogen) atoms. The molecule has 1 aliphatic rings. The Morgan fingerprint density at radius 3 is 3.05 bits per heavy atom. The minimum Gasteiger partial charge on any atom is -0.469 e. The fourth-order valence-electron chi connectivity index (χ4n) is 2.58. The van der Waals surface area contributed by atoms with Crippen LogP contribution in [0, 0.1) is 15.9 Å². The van der Waals surface area contributed by atoms with Crippen molar-refractivity contribution in [1.29, 1.82) is 0 Å². The molecule has 0 aliphatic heterocycles. The fraction of sp³-hybridized carbons (Fsp3) is 0.286. The lowest BCUT2D eigenvalue weighted by Gasteiger charge is -2.23. The molecule has 0 amide bonds. The molecule has 2 aromatic rings. The predicted molar refractivity (Wildman–Crippen MR) is 71.1 cm³/mol. The average molecular weight is 276 g/mol. The molecule has 0 radical (unpaired) electrons. The van der Waals surface area contributed by atoms with Crippen LogP contribution in [0.15, 0.2) is 34.9 Å². The summed E-state index contributed by atoms with van der Waals surface area (Å²) in [6.45, 7) is 0. The lowest BCUT2D eigenvalue weighted by Crippen LogP contribution is -2.16. The lowest BCUT2D eigenvalue weighted by atomic mass is 9.93. The Kier molecular flexibility index (Phi) is 3.14. The van der Waals surface area contributed by atoms with Crippen LogP contribution in [0.3, 0.4) is 0 Å². The zero-order valence-corrected chi connectivity index (χ0v) is 10.6. The van der Waals surface area contributed by atoms with Gasteiger partial charge in [0.05, 0.1) is 17.2 Å². The Hall–Kier alpha value is -2.37.